The zero-order valence-electron chi connectivity index (χ0n) is 12.9. The summed E-state index contributed by atoms with van der Waals surface area (Å²) < 4.78 is 5.74. The van der Waals surface area contributed by atoms with Crippen molar-refractivity contribution in [1.29, 1.82) is 0 Å². The van der Waals surface area contributed by atoms with Crippen molar-refractivity contribution >= 4 is 16.7 Å². The van der Waals surface area contributed by atoms with Crippen LogP contribution < -0.4 is 0 Å². The molecule has 1 fully saturated rings. The summed E-state index contributed by atoms with van der Waals surface area (Å²) in [6.07, 6.45) is 0.0844. The number of morpholine rings is 1. The summed E-state index contributed by atoms with van der Waals surface area (Å²) in [5, 5.41) is 11.9. The van der Waals surface area contributed by atoms with Gasteiger partial charge in [-0.15, -0.1) is 0 Å². The van der Waals surface area contributed by atoms with E-state index in [9.17, 15) is 9.90 Å². The molecule has 4 nitrogen and oxygen atoms in total. The van der Waals surface area contributed by atoms with E-state index in [2.05, 4.69) is 0 Å². The highest BCUT2D eigenvalue weighted by Crippen LogP contribution is 2.30. The average Bonchev–Trinajstić information content (AvgIpc) is 2.46. The van der Waals surface area contributed by atoms with Crippen LogP contribution >= 0.6 is 0 Å². The second-order valence-corrected chi connectivity index (χ2v) is 6.02. The molecular formula is C18H21NO3. The first kappa shape index (κ1) is 15.0. The largest absolute Gasteiger partial charge is 0.480 e. The predicted octanol–water partition coefficient (Wildman–Crippen LogP) is 3.07. The standard InChI is InChI=1S/C18H21NO3/c1-12-10-19(11-13(2)22-12)17(18(20)21)16-9-5-7-14-6-3-4-8-15(14)16/h3-9,12-13,17H,10-11H2,1-2H3,(H,20,21). The highest BCUT2D eigenvalue weighted by atomic mass is 16.5. The van der Waals surface area contributed by atoms with Gasteiger partial charge in [0.25, 0.3) is 0 Å². The van der Waals surface area contributed by atoms with E-state index >= 15 is 0 Å². The number of fused-ring (bicyclic) bond motifs is 1. The quantitative estimate of drug-likeness (QED) is 0.946. The van der Waals surface area contributed by atoms with Gasteiger partial charge in [-0.05, 0) is 30.2 Å². The minimum absolute atomic E-state index is 0.0422. The fourth-order valence-corrected chi connectivity index (χ4v) is 3.40. The predicted molar refractivity (Wildman–Crippen MR) is 85.9 cm³/mol. The van der Waals surface area contributed by atoms with Crippen LogP contribution in [0.3, 0.4) is 0 Å². The van der Waals surface area contributed by atoms with Crippen molar-refractivity contribution < 1.29 is 14.6 Å². The molecule has 0 radical (unpaired) electrons. The van der Waals surface area contributed by atoms with Crippen LogP contribution in [-0.2, 0) is 9.53 Å². The van der Waals surface area contributed by atoms with Crippen molar-refractivity contribution in [3.8, 4) is 0 Å². The third-order valence-corrected chi connectivity index (χ3v) is 4.16. The molecule has 1 saturated heterocycles. The van der Waals surface area contributed by atoms with E-state index in [1.807, 2.05) is 61.2 Å². The Morgan fingerprint density at radius 1 is 1.14 bits per heavy atom. The van der Waals surface area contributed by atoms with Gasteiger partial charge in [0.05, 0.1) is 12.2 Å². The highest BCUT2D eigenvalue weighted by molar-refractivity contribution is 5.90. The summed E-state index contributed by atoms with van der Waals surface area (Å²) in [4.78, 5) is 14.0. The number of nitrogens with zero attached hydrogens (tertiary/aromatic N) is 1. The third kappa shape index (κ3) is 2.85. The Kier molecular flexibility index (Phi) is 4.14. The van der Waals surface area contributed by atoms with Crippen LogP contribution in [0, 0.1) is 0 Å². The van der Waals surface area contributed by atoms with Crippen LogP contribution in [0.25, 0.3) is 10.8 Å². The molecule has 0 aliphatic carbocycles. The molecule has 1 aliphatic rings. The van der Waals surface area contributed by atoms with Crippen LogP contribution in [0.2, 0.25) is 0 Å². The lowest BCUT2D eigenvalue weighted by Crippen LogP contribution is -2.48. The van der Waals surface area contributed by atoms with Crippen LogP contribution in [-0.4, -0.2) is 41.3 Å². The molecule has 1 aliphatic heterocycles. The normalized spacial score (nSPS) is 24.3. The molecule has 3 atom stereocenters. The number of aliphatic carboxylic acids is 1. The number of carboxylic acid groups (broad SMARTS) is 1. The molecular weight excluding hydrogens is 278 g/mol. The summed E-state index contributed by atoms with van der Waals surface area (Å²) in [6, 6.07) is 13.2. The Labute approximate surface area is 130 Å². The van der Waals surface area contributed by atoms with Crippen molar-refractivity contribution in [1.82, 2.24) is 4.90 Å². The molecule has 0 saturated carbocycles. The van der Waals surface area contributed by atoms with E-state index < -0.39 is 12.0 Å². The average molecular weight is 299 g/mol. The molecule has 0 bridgehead atoms. The molecule has 0 spiro atoms. The zero-order chi connectivity index (χ0) is 15.7. The SMILES string of the molecule is CC1CN(C(C(=O)O)c2cccc3ccccc23)CC(C)O1. The van der Waals surface area contributed by atoms with E-state index in [1.165, 1.54) is 0 Å². The van der Waals surface area contributed by atoms with E-state index in [4.69, 9.17) is 4.74 Å². The number of carboxylic acids is 1. The molecule has 1 N–H and O–H groups in total. The van der Waals surface area contributed by atoms with Gasteiger partial charge in [-0.3, -0.25) is 9.69 Å². The molecule has 2 aromatic carbocycles. The molecule has 0 amide bonds. The Bertz CT molecular complexity index is 670. The van der Waals surface area contributed by atoms with Crippen molar-refractivity contribution in [2.75, 3.05) is 13.1 Å². The second kappa shape index (κ2) is 6.07. The van der Waals surface area contributed by atoms with Gasteiger partial charge in [-0.25, -0.2) is 0 Å². The smallest absolute Gasteiger partial charge is 0.325 e. The van der Waals surface area contributed by atoms with E-state index in [1.54, 1.807) is 0 Å². The molecule has 116 valence electrons. The highest BCUT2D eigenvalue weighted by Gasteiger charge is 2.34. The first-order chi connectivity index (χ1) is 10.6. The van der Waals surface area contributed by atoms with E-state index in [-0.39, 0.29) is 12.2 Å². The topological polar surface area (TPSA) is 49.8 Å². The first-order valence-electron chi connectivity index (χ1n) is 7.66. The molecule has 3 rings (SSSR count). The van der Waals surface area contributed by atoms with Gasteiger partial charge in [0.1, 0.15) is 6.04 Å². The first-order valence-corrected chi connectivity index (χ1v) is 7.66. The van der Waals surface area contributed by atoms with Gasteiger partial charge in [0.15, 0.2) is 0 Å². The molecule has 22 heavy (non-hydrogen) atoms. The van der Waals surface area contributed by atoms with Gasteiger partial charge in [0, 0.05) is 13.1 Å². The Hall–Kier alpha value is -1.91. The number of carbonyl (C=O) groups is 1. The van der Waals surface area contributed by atoms with Crippen molar-refractivity contribution in [2.45, 2.75) is 32.1 Å². The maximum Gasteiger partial charge on any atom is 0.325 e. The fourth-order valence-electron chi connectivity index (χ4n) is 3.40. The second-order valence-electron chi connectivity index (χ2n) is 6.02. The Morgan fingerprint density at radius 2 is 1.77 bits per heavy atom. The molecule has 3 unspecified atom stereocenters. The van der Waals surface area contributed by atoms with Gasteiger partial charge >= 0.3 is 5.97 Å². The Balaban J connectivity index is 2.05. The van der Waals surface area contributed by atoms with Gasteiger partial charge in [0.2, 0.25) is 0 Å². The number of rotatable bonds is 3. The number of ether oxygens (including phenoxy) is 1. The third-order valence-electron chi connectivity index (χ3n) is 4.16. The molecule has 1 heterocycles. The lowest BCUT2D eigenvalue weighted by atomic mass is 9.96. The maximum absolute atomic E-state index is 12.0. The summed E-state index contributed by atoms with van der Waals surface area (Å²) in [5.41, 5.74) is 0.854. The van der Waals surface area contributed by atoms with Gasteiger partial charge in [-0.2, -0.15) is 0 Å². The fraction of sp³-hybridized carbons (Fsp3) is 0.389. The van der Waals surface area contributed by atoms with Gasteiger partial charge < -0.3 is 9.84 Å². The van der Waals surface area contributed by atoms with Crippen LogP contribution in [0.4, 0.5) is 0 Å². The van der Waals surface area contributed by atoms with E-state index in [0.717, 1.165) is 16.3 Å². The minimum atomic E-state index is -0.808. The molecule has 2 aromatic rings. The van der Waals surface area contributed by atoms with Crippen LogP contribution in [0.5, 0.6) is 0 Å². The van der Waals surface area contributed by atoms with Crippen LogP contribution in [0.1, 0.15) is 25.5 Å². The summed E-state index contributed by atoms with van der Waals surface area (Å²) >= 11 is 0. The number of hydrogen-bond acceptors (Lipinski definition) is 3. The lowest BCUT2D eigenvalue weighted by Gasteiger charge is -2.38. The summed E-state index contributed by atoms with van der Waals surface area (Å²) in [6.45, 7) is 5.24. The molecule has 0 aromatic heterocycles. The van der Waals surface area contributed by atoms with Crippen LogP contribution in [0.15, 0.2) is 42.5 Å². The number of benzene rings is 2. The number of hydrogen-bond donors (Lipinski definition) is 1. The Morgan fingerprint density at radius 3 is 2.45 bits per heavy atom. The molecule has 4 heteroatoms. The monoisotopic (exact) mass is 299 g/mol. The van der Waals surface area contributed by atoms with Crippen molar-refractivity contribution in [3.05, 3.63) is 48.0 Å². The zero-order valence-corrected chi connectivity index (χ0v) is 12.9. The summed E-state index contributed by atoms with van der Waals surface area (Å²) in [5.74, 6) is -0.808. The lowest BCUT2D eigenvalue weighted by molar-refractivity contribution is -0.149. The summed E-state index contributed by atoms with van der Waals surface area (Å²) in [7, 11) is 0. The maximum atomic E-state index is 12.0. The van der Waals surface area contributed by atoms with Crippen molar-refractivity contribution in [3.63, 3.8) is 0 Å². The minimum Gasteiger partial charge on any atom is -0.480 e. The van der Waals surface area contributed by atoms with Gasteiger partial charge in [-0.1, -0.05) is 42.5 Å². The van der Waals surface area contributed by atoms with Crippen molar-refractivity contribution in [2.24, 2.45) is 0 Å². The van der Waals surface area contributed by atoms with E-state index in [0.29, 0.717) is 13.1 Å².